The molecule has 3 N–H and O–H groups in total. The summed E-state index contributed by atoms with van der Waals surface area (Å²) in [6.45, 7) is 4.01. The maximum absolute atomic E-state index is 11.9. The van der Waals surface area contributed by atoms with E-state index in [9.17, 15) is 14.7 Å². The molecule has 0 aromatic rings. The Bertz CT molecular complexity index is 291. The number of likely N-dealkylation sites (tertiary alicyclic amines) is 1. The van der Waals surface area contributed by atoms with Gasteiger partial charge in [-0.3, -0.25) is 0 Å². The number of aliphatic carboxylic acids is 1. The number of aliphatic hydroxyl groups is 1. The maximum atomic E-state index is 11.9. The third-order valence-corrected chi connectivity index (χ3v) is 3.14. The van der Waals surface area contributed by atoms with E-state index >= 15 is 0 Å². The molecule has 0 aromatic heterocycles. The van der Waals surface area contributed by atoms with E-state index < -0.39 is 24.1 Å². The number of nitrogens with one attached hydrogen (secondary N) is 1. The Morgan fingerprint density at radius 2 is 2.00 bits per heavy atom. The Morgan fingerprint density at radius 3 is 2.47 bits per heavy atom. The second-order valence-corrected chi connectivity index (χ2v) is 4.36. The zero-order valence-corrected chi connectivity index (χ0v) is 10.2. The van der Waals surface area contributed by atoms with E-state index in [1.165, 1.54) is 4.90 Å². The number of carboxylic acids is 1. The lowest BCUT2D eigenvalue weighted by atomic mass is 10.2. The van der Waals surface area contributed by atoms with Crippen molar-refractivity contribution in [3.05, 3.63) is 0 Å². The van der Waals surface area contributed by atoms with Gasteiger partial charge in [0.2, 0.25) is 0 Å². The van der Waals surface area contributed by atoms with Crippen molar-refractivity contribution in [3.8, 4) is 0 Å². The lowest BCUT2D eigenvalue weighted by Gasteiger charge is -2.24. The smallest absolute Gasteiger partial charge is 0.326 e. The fourth-order valence-corrected chi connectivity index (χ4v) is 2.02. The average Bonchev–Trinajstić information content (AvgIpc) is 2.68. The quantitative estimate of drug-likeness (QED) is 0.668. The summed E-state index contributed by atoms with van der Waals surface area (Å²) in [6, 6.07) is -1.27. The summed E-state index contributed by atoms with van der Waals surface area (Å²) in [7, 11) is 0. The molecule has 0 radical (unpaired) electrons. The fraction of sp³-hybridized carbons (Fsp3) is 0.818. The number of carboxylic acid groups (broad SMARTS) is 1. The standard InChI is InChI=1S/C11H20N2O4/c1-3-7(4-2)12-11(17)13-6-8(14)5-9(13)10(15)16/h7-9,14H,3-6H2,1-2H3,(H,12,17)(H,15,16)/t8-,9+/m1/s1. The van der Waals surface area contributed by atoms with Gasteiger partial charge in [-0.1, -0.05) is 13.8 Å². The molecule has 0 aliphatic carbocycles. The van der Waals surface area contributed by atoms with Crippen LogP contribution in [0.3, 0.4) is 0 Å². The number of nitrogens with zero attached hydrogens (tertiary/aromatic N) is 1. The van der Waals surface area contributed by atoms with Crippen LogP contribution >= 0.6 is 0 Å². The molecule has 6 heteroatoms. The Balaban J connectivity index is 2.64. The number of amides is 2. The van der Waals surface area contributed by atoms with Gasteiger partial charge in [0.1, 0.15) is 6.04 Å². The van der Waals surface area contributed by atoms with E-state index in [1.807, 2.05) is 13.8 Å². The second-order valence-electron chi connectivity index (χ2n) is 4.36. The molecule has 0 spiro atoms. The monoisotopic (exact) mass is 244 g/mol. The molecular formula is C11H20N2O4. The van der Waals surface area contributed by atoms with Crippen LogP contribution < -0.4 is 5.32 Å². The van der Waals surface area contributed by atoms with E-state index in [-0.39, 0.29) is 19.0 Å². The van der Waals surface area contributed by atoms with Gasteiger partial charge in [0.15, 0.2) is 0 Å². The predicted molar refractivity (Wildman–Crippen MR) is 61.7 cm³/mol. The number of hydrogen-bond acceptors (Lipinski definition) is 3. The number of aliphatic hydroxyl groups excluding tert-OH is 1. The molecule has 2 atom stereocenters. The molecule has 98 valence electrons. The van der Waals surface area contributed by atoms with E-state index in [1.54, 1.807) is 0 Å². The highest BCUT2D eigenvalue weighted by Crippen LogP contribution is 2.18. The lowest BCUT2D eigenvalue weighted by molar-refractivity contribution is -0.141. The predicted octanol–water partition coefficient (Wildman–Crippen LogP) is 0.404. The van der Waals surface area contributed by atoms with E-state index in [0.29, 0.717) is 0 Å². The molecule has 0 bridgehead atoms. The van der Waals surface area contributed by atoms with Crippen molar-refractivity contribution in [1.29, 1.82) is 0 Å². The number of carbonyl (C=O) groups is 2. The van der Waals surface area contributed by atoms with Gasteiger partial charge in [-0.2, -0.15) is 0 Å². The molecule has 1 aliphatic rings. The molecule has 0 aromatic carbocycles. The minimum absolute atomic E-state index is 0.0506. The summed E-state index contributed by atoms with van der Waals surface area (Å²) >= 11 is 0. The number of carbonyl (C=O) groups excluding carboxylic acids is 1. The Hall–Kier alpha value is -1.30. The number of rotatable bonds is 4. The molecule has 1 saturated heterocycles. The second kappa shape index (κ2) is 5.86. The van der Waals surface area contributed by atoms with Crippen molar-refractivity contribution < 1.29 is 19.8 Å². The normalized spacial score (nSPS) is 24.1. The lowest BCUT2D eigenvalue weighted by Crippen LogP contribution is -2.49. The summed E-state index contributed by atoms with van der Waals surface area (Å²) in [6.07, 6.45) is 0.960. The number of β-amino-alcohol motifs (C(OH)–C–C–N with tert-alkyl or cyclic N) is 1. The first-order valence-electron chi connectivity index (χ1n) is 5.97. The van der Waals surface area contributed by atoms with Gasteiger partial charge < -0.3 is 20.4 Å². The zero-order chi connectivity index (χ0) is 13.0. The van der Waals surface area contributed by atoms with Gasteiger partial charge in [-0.25, -0.2) is 9.59 Å². The molecule has 1 aliphatic heterocycles. The van der Waals surface area contributed by atoms with Crippen LogP contribution in [0.2, 0.25) is 0 Å². The highest BCUT2D eigenvalue weighted by Gasteiger charge is 2.39. The van der Waals surface area contributed by atoms with Crippen molar-refractivity contribution in [2.45, 2.75) is 51.3 Å². The summed E-state index contributed by atoms with van der Waals surface area (Å²) in [5.41, 5.74) is 0. The maximum Gasteiger partial charge on any atom is 0.326 e. The van der Waals surface area contributed by atoms with Crippen LogP contribution in [-0.4, -0.2) is 51.8 Å². The summed E-state index contributed by atoms with van der Waals surface area (Å²) in [5, 5.41) is 21.2. The first-order chi connectivity index (χ1) is 7.99. The van der Waals surface area contributed by atoms with E-state index in [0.717, 1.165) is 12.8 Å². The van der Waals surface area contributed by atoms with Gasteiger partial charge in [0.05, 0.1) is 6.10 Å². The molecule has 6 nitrogen and oxygen atoms in total. The van der Waals surface area contributed by atoms with Crippen LogP contribution in [0, 0.1) is 0 Å². The van der Waals surface area contributed by atoms with Crippen LogP contribution in [0.1, 0.15) is 33.1 Å². The van der Waals surface area contributed by atoms with Gasteiger partial charge in [0.25, 0.3) is 0 Å². The molecule has 2 amide bonds. The molecule has 0 unspecified atom stereocenters. The molecular weight excluding hydrogens is 224 g/mol. The van der Waals surface area contributed by atoms with Crippen molar-refractivity contribution in [1.82, 2.24) is 10.2 Å². The van der Waals surface area contributed by atoms with Crippen LogP contribution in [0.5, 0.6) is 0 Å². The molecule has 1 heterocycles. The highest BCUT2D eigenvalue weighted by molar-refractivity contribution is 5.83. The van der Waals surface area contributed by atoms with Crippen LogP contribution in [-0.2, 0) is 4.79 Å². The van der Waals surface area contributed by atoms with Crippen molar-refractivity contribution in [3.63, 3.8) is 0 Å². The van der Waals surface area contributed by atoms with Crippen LogP contribution in [0.15, 0.2) is 0 Å². The van der Waals surface area contributed by atoms with Crippen LogP contribution in [0.25, 0.3) is 0 Å². The molecule has 1 fully saturated rings. The van der Waals surface area contributed by atoms with E-state index in [4.69, 9.17) is 5.11 Å². The fourth-order valence-electron chi connectivity index (χ4n) is 2.02. The largest absolute Gasteiger partial charge is 0.480 e. The first kappa shape index (κ1) is 13.8. The number of urea groups is 1. The van der Waals surface area contributed by atoms with Gasteiger partial charge >= 0.3 is 12.0 Å². The summed E-state index contributed by atoms with van der Waals surface area (Å²) in [4.78, 5) is 24.0. The zero-order valence-electron chi connectivity index (χ0n) is 10.2. The van der Waals surface area contributed by atoms with Gasteiger partial charge in [0, 0.05) is 19.0 Å². The molecule has 1 rings (SSSR count). The van der Waals surface area contributed by atoms with E-state index in [2.05, 4.69) is 5.32 Å². The number of hydrogen-bond donors (Lipinski definition) is 3. The first-order valence-corrected chi connectivity index (χ1v) is 5.97. The minimum atomic E-state index is -1.07. The molecule has 17 heavy (non-hydrogen) atoms. The summed E-state index contributed by atoms with van der Waals surface area (Å²) < 4.78 is 0. The van der Waals surface area contributed by atoms with Gasteiger partial charge in [-0.05, 0) is 12.8 Å². The van der Waals surface area contributed by atoms with Crippen molar-refractivity contribution in [2.75, 3.05) is 6.54 Å². The topological polar surface area (TPSA) is 89.9 Å². The average molecular weight is 244 g/mol. The minimum Gasteiger partial charge on any atom is -0.480 e. The van der Waals surface area contributed by atoms with Gasteiger partial charge in [-0.15, -0.1) is 0 Å². The Kier molecular flexibility index (Phi) is 4.74. The van der Waals surface area contributed by atoms with Crippen molar-refractivity contribution >= 4 is 12.0 Å². The Morgan fingerprint density at radius 1 is 1.41 bits per heavy atom. The Labute approximate surface area is 101 Å². The third kappa shape index (κ3) is 3.33. The highest BCUT2D eigenvalue weighted by atomic mass is 16.4. The molecule has 0 saturated carbocycles. The summed E-state index contributed by atoms with van der Waals surface area (Å²) in [5.74, 6) is -1.07. The van der Waals surface area contributed by atoms with Crippen LogP contribution in [0.4, 0.5) is 4.79 Å². The SMILES string of the molecule is CCC(CC)NC(=O)N1C[C@H](O)C[C@H]1C(=O)O. The van der Waals surface area contributed by atoms with Crippen molar-refractivity contribution in [2.24, 2.45) is 0 Å². The third-order valence-electron chi connectivity index (χ3n) is 3.14.